The molecule has 0 fully saturated rings. The highest BCUT2D eigenvalue weighted by molar-refractivity contribution is 8.06. The molecule has 0 aliphatic carbocycles. The molecular weight excluding hydrogens is 394 g/mol. The third-order valence-corrected chi connectivity index (χ3v) is 6.36. The van der Waals surface area contributed by atoms with Gasteiger partial charge in [0.05, 0.1) is 22.7 Å². The van der Waals surface area contributed by atoms with Crippen molar-refractivity contribution in [2.45, 2.75) is 24.7 Å². The van der Waals surface area contributed by atoms with Crippen molar-refractivity contribution in [1.29, 1.82) is 0 Å². The molecule has 3 rings (SSSR count). The predicted molar refractivity (Wildman–Crippen MR) is 114 cm³/mol. The molecule has 0 saturated heterocycles. The number of allylic oxidation sites excluding steroid dienone is 1. The van der Waals surface area contributed by atoms with Crippen LogP contribution in [0.25, 0.3) is 5.70 Å². The van der Waals surface area contributed by atoms with Gasteiger partial charge in [-0.2, -0.15) is 8.42 Å². The van der Waals surface area contributed by atoms with E-state index >= 15 is 0 Å². The zero-order valence-corrected chi connectivity index (χ0v) is 17.5. The maximum atomic E-state index is 11.1. The van der Waals surface area contributed by atoms with Crippen molar-refractivity contribution in [3.05, 3.63) is 76.2 Å². The maximum absolute atomic E-state index is 11.1. The first-order valence-corrected chi connectivity index (χ1v) is 11.3. The number of hydrogen-bond acceptors (Lipinski definition) is 5. The van der Waals surface area contributed by atoms with Crippen molar-refractivity contribution in [1.82, 2.24) is 4.90 Å². The van der Waals surface area contributed by atoms with Crippen molar-refractivity contribution in [3.8, 4) is 5.75 Å². The van der Waals surface area contributed by atoms with E-state index in [0.717, 1.165) is 42.0 Å². The van der Waals surface area contributed by atoms with Crippen LogP contribution in [0.1, 0.15) is 24.5 Å². The molecule has 1 heterocycles. The van der Waals surface area contributed by atoms with Crippen molar-refractivity contribution in [3.63, 3.8) is 0 Å². The topological polar surface area (TPSA) is 66.8 Å². The minimum atomic E-state index is -4.14. The van der Waals surface area contributed by atoms with Gasteiger partial charge >= 0.3 is 0 Å². The van der Waals surface area contributed by atoms with Crippen LogP contribution in [0.2, 0.25) is 0 Å². The van der Waals surface area contributed by atoms with E-state index in [-0.39, 0.29) is 4.90 Å². The number of rotatable bonds is 7. The van der Waals surface area contributed by atoms with Crippen molar-refractivity contribution < 1.29 is 17.7 Å². The summed E-state index contributed by atoms with van der Waals surface area (Å²) in [6, 6.07) is 14.3. The summed E-state index contributed by atoms with van der Waals surface area (Å²) in [5, 5.41) is 3.33. The lowest BCUT2D eigenvalue weighted by molar-refractivity contribution is 0.411. The number of hydrogen-bond donors (Lipinski definition) is 1. The van der Waals surface area contributed by atoms with E-state index in [1.54, 1.807) is 31.0 Å². The lowest BCUT2D eigenvalue weighted by Crippen LogP contribution is -2.16. The second-order valence-corrected chi connectivity index (χ2v) is 8.58. The molecule has 0 saturated carbocycles. The monoisotopic (exact) mass is 417 g/mol. The van der Waals surface area contributed by atoms with E-state index in [2.05, 4.69) is 29.4 Å². The number of nitrogens with zero attached hydrogens (tertiary/aromatic N) is 1. The van der Waals surface area contributed by atoms with E-state index < -0.39 is 10.1 Å². The van der Waals surface area contributed by atoms with Gasteiger partial charge in [0.2, 0.25) is 0 Å². The molecule has 0 amide bonds. The minimum Gasteiger partial charge on any atom is -0.496 e. The SMILES string of the molecule is CCN1C(c2ccccc2OC)=CS/C1=C\CCc1ccc(S(=O)(=O)O)cc1. The number of methoxy groups -OCH3 is 1. The van der Waals surface area contributed by atoms with Gasteiger partial charge in [-0.05, 0) is 49.6 Å². The summed E-state index contributed by atoms with van der Waals surface area (Å²) in [5.74, 6) is 0.855. The molecule has 0 bridgehead atoms. The zero-order valence-electron chi connectivity index (χ0n) is 15.8. The van der Waals surface area contributed by atoms with Gasteiger partial charge in [0.15, 0.2) is 0 Å². The number of thioether (sulfide) groups is 1. The van der Waals surface area contributed by atoms with E-state index in [0.29, 0.717) is 0 Å². The first kappa shape index (κ1) is 20.5. The number of ether oxygens (including phenoxy) is 1. The number of benzene rings is 2. The Balaban J connectivity index is 1.68. The maximum Gasteiger partial charge on any atom is 0.294 e. The lowest BCUT2D eigenvalue weighted by Gasteiger charge is -2.23. The second-order valence-electron chi connectivity index (χ2n) is 6.27. The third-order valence-electron chi connectivity index (χ3n) is 4.52. The van der Waals surface area contributed by atoms with Gasteiger partial charge in [0.1, 0.15) is 5.75 Å². The van der Waals surface area contributed by atoms with Crippen LogP contribution in [0.5, 0.6) is 5.75 Å². The summed E-state index contributed by atoms with van der Waals surface area (Å²) in [7, 11) is -2.46. The first-order valence-electron chi connectivity index (χ1n) is 8.98. The van der Waals surface area contributed by atoms with Crippen molar-refractivity contribution >= 4 is 27.6 Å². The molecule has 1 aliphatic heterocycles. The van der Waals surface area contributed by atoms with Gasteiger partial charge < -0.3 is 9.64 Å². The fraction of sp³-hybridized carbons (Fsp3) is 0.238. The Bertz CT molecular complexity index is 995. The molecule has 148 valence electrons. The van der Waals surface area contributed by atoms with Crippen LogP contribution in [0.4, 0.5) is 0 Å². The third kappa shape index (κ3) is 4.60. The molecular formula is C21H23NO4S2. The summed E-state index contributed by atoms with van der Waals surface area (Å²) in [5.41, 5.74) is 3.23. The smallest absolute Gasteiger partial charge is 0.294 e. The molecule has 0 unspecified atom stereocenters. The molecule has 0 radical (unpaired) electrons. The van der Waals surface area contributed by atoms with E-state index in [9.17, 15) is 8.42 Å². The fourth-order valence-corrected chi connectivity index (χ4v) is 4.64. The van der Waals surface area contributed by atoms with Crippen LogP contribution in [-0.2, 0) is 16.5 Å². The summed E-state index contributed by atoms with van der Waals surface area (Å²) in [4.78, 5) is 2.19. The van der Waals surface area contributed by atoms with Gasteiger partial charge in [0.25, 0.3) is 10.1 Å². The average molecular weight is 418 g/mol. The van der Waals surface area contributed by atoms with Crippen LogP contribution in [0.15, 0.2) is 69.9 Å². The molecule has 0 atom stereocenters. The molecule has 2 aromatic rings. The van der Waals surface area contributed by atoms with Crippen LogP contribution in [0, 0.1) is 0 Å². The molecule has 2 aromatic carbocycles. The Morgan fingerprint density at radius 2 is 1.86 bits per heavy atom. The lowest BCUT2D eigenvalue weighted by atomic mass is 10.1. The van der Waals surface area contributed by atoms with Crippen LogP contribution >= 0.6 is 11.8 Å². The Labute approximate surface area is 170 Å². The van der Waals surface area contributed by atoms with E-state index in [4.69, 9.17) is 9.29 Å². The summed E-state index contributed by atoms with van der Waals surface area (Å²) < 4.78 is 36.8. The van der Waals surface area contributed by atoms with Gasteiger partial charge in [0, 0.05) is 17.5 Å². The van der Waals surface area contributed by atoms with Gasteiger partial charge in [-0.15, -0.1) is 0 Å². The molecule has 5 nitrogen and oxygen atoms in total. The molecule has 0 spiro atoms. The molecule has 1 aliphatic rings. The van der Waals surface area contributed by atoms with Crippen LogP contribution in [0.3, 0.4) is 0 Å². The molecule has 28 heavy (non-hydrogen) atoms. The zero-order chi connectivity index (χ0) is 20.1. The number of para-hydroxylation sites is 1. The molecule has 7 heteroatoms. The quantitative estimate of drug-likeness (QED) is 0.654. The Morgan fingerprint density at radius 1 is 1.14 bits per heavy atom. The predicted octanol–water partition coefficient (Wildman–Crippen LogP) is 4.78. The fourth-order valence-electron chi connectivity index (χ4n) is 3.10. The van der Waals surface area contributed by atoms with Gasteiger partial charge in [-0.1, -0.05) is 42.1 Å². The Kier molecular flexibility index (Phi) is 6.49. The van der Waals surface area contributed by atoms with Crippen molar-refractivity contribution in [2.75, 3.05) is 13.7 Å². The highest BCUT2D eigenvalue weighted by atomic mass is 32.2. The summed E-state index contributed by atoms with van der Waals surface area (Å²) >= 11 is 1.70. The largest absolute Gasteiger partial charge is 0.496 e. The van der Waals surface area contributed by atoms with Crippen molar-refractivity contribution in [2.24, 2.45) is 0 Å². The highest BCUT2D eigenvalue weighted by Gasteiger charge is 2.23. The van der Waals surface area contributed by atoms with Crippen LogP contribution < -0.4 is 4.74 Å². The summed E-state index contributed by atoms with van der Waals surface area (Å²) in [6.45, 7) is 2.98. The minimum absolute atomic E-state index is 0.0799. The van der Waals surface area contributed by atoms with E-state index in [1.165, 1.54) is 17.2 Å². The summed E-state index contributed by atoms with van der Waals surface area (Å²) in [6.07, 6.45) is 3.82. The standard InChI is InChI=1S/C21H23NO4S2/c1-3-22-19(18-8-4-5-9-20(18)26-2)15-27-21(22)10-6-7-16-11-13-17(14-12-16)28(23,24)25/h4-5,8-15H,3,6-7H2,1-2H3,(H,23,24,25)/b21-10-. The average Bonchev–Trinajstić information content (AvgIpc) is 3.10. The molecule has 0 aromatic heterocycles. The molecule has 1 N–H and O–H groups in total. The highest BCUT2D eigenvalue weighted by Crippen LogP contribution is 2.42. The Hall–Kier alpha value is -2.22. The normalized spacial score (nSPS) is 15.8. The first-order chi connectivity index (χ1) is 13.4. The number of aryl methyl sites for hydroxylation is 1. The van der Waals surface area contributed by atoms with E-state index in [1.807, 2.05) is 18.2 Å². The second kappa shape index (κ2) is 8.86. The Morgan fingerprint density at radius 3 is 2.50 bits per heavy atom. The van der Waals surface area contributed by atoms with Crippen LogP contribution in [-0.4, -0.2) is 31.5 Å². The van der Waals surface area contributed by atoms with Gasteiger partial charge in [-0.3, -0.25) is 4.55 Å². The van der Waals surface area contributed by atoms with Gasteiger partial charge in [-0.25, -0.2) is 0 Å².